The molecule has 2 N–H and O–H groups in total. The number of ether oxygens (including phenoxy) is 2. The Bertz CT molecular complexity index is 525. The molecule has 0 saturated heterocycles. The highest BCUT2D eigenvalue weighted by molar-refractivity contribution is 5.39. The van der Waals surface area contributed by atoms with Gasteiger partial charge in [-0.1, -0.05) is 18.2 Å². The van der Waals surface area contributed by atoms with Crippen LogP contribution in [0.25, 0.3) is 0 Å². The fourth-order valence-electron chi connectivity index (χ4n) is 1.95. The summed E-state index contributed by atoms with van der Waals surface area (Å²) in [5, 5.41) is 4.14. The summed E-state index contributed by atoms with van der Waals surface area (Å²) in [6.07, 6.45) is 1.74. The molecule has 1 unspecified atom stereocenters. The fourth-order valence-corrected chi connectivity index (χ4v) is 1.95. The minimum absolute atomic E-state index is 0.258. The Kier molecular flexibility index (Phi) is 4.54. The third-order valence-corrected chi connectivity index (χ3v) is 2.98. The van der Waals surface area contributed by atoms with Crippen molar-refractivity contribution in [2.75, 3.05) is 20.3 Å². The van der Waals surface area contributed by atoms with Gasteiger partial charge >= 0.3 is 0 Å². The lowest BCUT2D eigenvalue weighted by atomic mass is 10.0. The van der Waals surface area contributed by atoms with Crippen molar-refractivity contribution < 1.29 is 9.47 Å². The summed E-state index contributed by atoms with van der Waals surface area (Å²) in [4.78, 5) is 0. The maximum Gasteiger partial charge on any atom is 0.124 e. The Hall–Kier alpha value is -1.85. The standard InChI is InChI=1S/C14H19N3O2/c1-17-12(7-8-16-17)14(15)11-5-3-4-6-13(11)19-10-9-18-2/h3-8,14H,9-10,15H2,1-2H3. The van der Waals surface area contributed by atoms with Crippen molar-refractivity contribution in [2.45, 2.75) is 6.04 Å². The van der Waals surface area contributed by atoms with E-state index in [4.69, 9.17) is 15.2 Å². The van der Waals surface area contributed by atoms with Crippen LogP contribution in [0.3, 0.4) is 0 Å². The molecule has 0 aliphatic rings. The van der Waals surface area contributed by atoms with Gasteiger partial charge in [0.05, 0.1) is 18.3 Å². The Morgan fingerprint density at radius 2 is 2.05 bits per heavy atom. The van der Waals surface area contributed by atoms with Crippen LogP contribution < -0.4 is 10.5 Å². The molecule has 5 heteroatoms. The molecular weight excluding hydrogens is 242 g/mol. The first-order valence-corrected chi connectivity index (χ1v) is 6.18. The highest BCUT2D eigenvalue weighted by Crippen LogP contribution is 2.27. The van der Waals surface area contributed by atoms with Crippen LogP contribution in [0, 0.1) is 0 Å². The topological polar surface area (TPSA) is 62.3 Å². The molecule has 0 amide bonds. The van der Waals surface area contributed by atoms with E-state index in [-0.39, 0.29) is 6.04 Å². The second kappa shape index (κ2) is 6.36. The van der Waals surface area contributed by atoms with E-state index >= 15 is 0 Å². The maximum atomic E-state index is 6.29. The van der Waals surface area contributed by atoms with Crippen LogP contribution in [-0.2, 0) is 11.8 Å². The first kappa shape index (κ1) is 13.6. The van der Waals surface area contributed by atoms with E-state index in [1.807, 2.05) is 37.4 Å². The van der Waals surface area contributed by atoms with Crippen molar-refractivity contribution in [3.8, 4) is 5.75 Å². The van der Waals surface area contributed by atoms with E-state index < -0.39 is 0 Å². The molecule has 5 nitrogen and oxygen atoms in total. The molecule has 1 heterocycles. The number of methoxy groups -OCH3 is 1. The Morgan fingerprint density at radius 1 is 1.26 bits per heavy atom. The molecule has 19 heavy (non-hydrogen) atoms. The van der Waals surface area contributed by atoms with Crippen molar-refractivity contribution in [3.05, 3.63) is 47.8 Å². The Balaban J connectivity index is 2.21. The zero-order valence-electron chi connectivity index (χ0n) is 11.2. The molecule has 2 rings (SSSR count). The van der Waals surface area contributed by atoms with E-state index in [9.17, 15) is 0 Å². The number of hydrogen-bond acceptors (Lipinski definition) is 4. The summed E-state index contributed by atoms with van der Waals surface area (Å²) in [7, 11) is 3.53. The summed E-state index contributed by atoms with van der Waals surface area (Å²) in [6, 6.07) is 9.43. The third-order valence-electron chi connectivity index (χ3n) is 2.98. The van der Waals surface area contributed by atoms with Crippen LogP contribution >= 0.6 is 0 Å². The van der Waals surface area contributed by atoms with Gasteiger partial charge in [-0.05, 0) is 12.1 Å². The zero-order valence-corrected chi connectivity index (χ0v) is 11.2. The van der Waals surface area contributed by atoms with Gasteiger partial charge in [0, 0.05) is 25.9 Å². The molecular formula is C14H19N3O2. The van der Waals surface area contributed by atoms with Gasteiger partial charge in [-0.15, -0.1) is 0 Å². The van der Waals surface area contributed by atoms with E-state index in [0.717, 1.165) is 17.0 Å². The van der Waals surface area contributed by atoms with Gasteiger partial charge in [0.25, 0.3) is 0 Å². The number of rotatable bonds is 6. The number of nitrogens with zero attached hydrogens (tertiary/aromatic N) is 2. The number of aromatic nitrogens is 2. The monoisotopic (exact) mass is 261 g/mol. The lowest BCUT2D eigenvalue weighted by molar-refractivity contribution is 0.145. The van der Waals surface area contributed by atoms with Crippen molar-refractivity contribution in [3.63, 3.8) is 0 Å². The Morgan fingerprint density at radius 3 is 2.74 bits per heavy atom. The number of para-hydroxylation sites is 1. The molecule has 0 aliphatic heterocycles. The van der Waals surface area contributed by atoms with Crippen LogP contribution in [-0.4, -0.2) is 30.1 Å². The summed E-state index contributed by atoms with van der Waals surface area (Å²) < 4.78 is 12.5. The number of hydrogen-bond donors (Lipinski definition) is 1. The van der Waals surface area contributed by atoms with E-state index in [1.165, 1.54) is 0 Å². The molecule has 2 aromatic rings. The number of aryl methyl sites for hydroxylation is 1. The molecule has 1 aromatic heterocycles. The Labute approximate surface area is 112 Å². The summed E-state index contributed by atoms with van der Waals surface area (Å²) in [5.41, 5.74) is 8.19. The first-order chi connectivity index (χ1) is 9.24. The molecule has 0 fully saturated rings. The van der Waals surface area contributed by atoms with Crippen LogP contribution in [0.15, 0.2) is 36.5 Å². The van der Waals surface area contributed by atoms with Gasteiger partial charge in [-0.3, -0.25) is 4.68 Å². The van der Waals surface area contributed by atoms with Crippen molar-refractivity contribution in [1.82, 2.24) is 9.78 Å². The SMILES string of the molecule is COCCOc1ccccc1C(N)c1ccnn1C. The lowest BCUT2D eigenvalue weighted by Gasteiger charge is -2.17. The van der Waals surface area contributed by atoms with Gasteiger partial charge in [-0.25, -0.2) is 0 Å². The number of nitrogens with two attached hydrogens (primary N) is 1. The third kappa shape index (κ3) is 3.13. The predicted octanol–water partition coefficient (Wildman–Crippen LogP) is 1.49. The predicted molar refractivity (Wildman–Crippen MR) is 73.1 cm³/mol. The average Bonchev–Trinajstić information content (AvgIpc) is 2.85. The van der Waals surface area contributed by atoms with E-state index in [0.29, 0.717) is 13.2 Å². The molecule has 0 spiro atoms. The number of benzene rings is 1. The van der Waals surface area contributed by atoms with Crippen molar-refractivity contribution in [1.29, 1.82) is 0 Å². The molecule has 1 aromatic carbocycles. The van der Waals surface area contributed by atoms with Gasteiger partial charge < -0.3 is 15.2 Å². The van der Waals surface area contributed by atoms with Crippen molar-refractivity contribution in [2.24, 2.45) is 12.8 Å². The van der Waals surface area contributed by atoms with Gasteiger partial charge in [0.1, 0.15) is 12.4 Å². The molecule has 1 atom stereocenters. The highest BCUT2D eigenvalue weighted by atomic mass is 16.5. The van der Waals surface area contributed by atoms with Gasteiger partial charge in [-0.2, -0.15) is 5.10 Å². The van der Waals surface area contributed by atoms with Crippen molar-refractivity contribution >= 4 is 0 Å². The fraction of sp³-hybridized carbons (Fsp3) is 0.357. The van der Waals surface area contributed by atoms with Gasteiger partial charge in [0.15, 0.2) is 0 Å². The second-order valence-electron chi connectivity index (χ2n) is 4.24. The minimum Gasteiger partial charge on any atom is -0.491 e. The molecule has 0 radical (unpaired) electrons. The zero-order chi connectivity index (χ0) is 13.7. The van der Waals surface area contributed by atoms with Crippen LogP contribution in [0.2, 0.25) is 0 Å². The quantitative estimate of drug-likeness (QED) is 0.800. The van der Waals surface area contributed by atoms with Crippen LogP contribution in [0.5, 0.6) is 5.75 Å². The molecule has 0 saturated carbocycles. The summed E-state index contributed by atoms with van der Waals surface area (Å²) in [5.74, 6) is 0.785. The summed E-state index contributed by atoms with van der Waals surface area (Å²) in [6.45, 7) is 1.06. The minimum atomic E-state index is -0.258. The second-order valence-corrected chi connectivity index (χ2v) is 4.24. The lowest BCUT2D eigenvalue weighted by Crippen LogP contribution is -2.17. The molecule has 0 aliphatic carbocycles. The first-order valence-electron chi connectivity index (χ1n) is 6.18. The van der Waals surface area contributed by atoms with Crippen LogP contribution in [0.4, 0.5) is 0 Å². The van der Waals surface area contributed by atoms with Gasteiger partial charge in [0.2, 0.25) is 0 Å². The van der Waals surface area contributed by atoms with E-state index in [2.05, 4.69) is 5.10 Å². The average molecular weight is 261 g/mol. The summed E-state index contributed by atoms with van der Waals surface area (Å²) >= 11 is 0. The van der Waals surface area contributed by atoms with Crippen LogP contribution in [0.1, 0.15) is 17.3 Å². The normalized spacial score (nSPS) is 12.4. The maximum absolute atomic E-state index is 6.29. The van der Waals surface area contributed by atoms with E-state index in [1.54, 1.807) is 18.0 Å². The highest BCUT2D eigenvalue weighted by Gasteiger charge is 2.16. The smallest absolute Gasteiger partial charge is 0.124 e. The molecule has 0 bridgehead atoms. The largest absolute Gasteiger partial charge is 0.491 e. The molecule has 102 valence electrons.